The SMILES string of the molecule is O=C(CSc1nnnn1C1CC1)N[C@@H](c1ccc(F)cc1)c1cccs1. The van der Waals surface area contributed by atoms with E-state index in [9.17, 15) is 9.18 Å². The van der Waals surface area contributed by atoms with Gasteiger partial charge >= 0.3 is 0 Å². The Hall–Kier alpha value is -2.26. The van der Waals surface area contributed by atoms with Gasteiger partial charge in [-0.1, -0.05) is 30.0 Å². The van der Waals surface area contributed by atoms with E-state index in [1.807, 2.05) is 17.5 Å². The van der Waals surface area contributed by atoms with Crippen LogP contribution < -0.4 is 5.32 Å². The van der Waals surface area contributed by atoms with Crippen molar-refractivity contribution in [3.05, 3.63) is 58.0 Å². The summed E-state index contributed by atoms with van der Waals surface area (Å²) in [7, 11) is 0. The van der Waals surface area contributed by atoms with Crippen molar-refractivity contribution >= 4 is 29.0 Å². The van der Waals surface area contributed by atoms with E-state index in [4.69, 9.17) is 0 Å². The van der Waals surface area contributed by atoms with E-state index in [-0.39, 0.29) is 23.5 Å². The zero-order chi connectivity index (χ0) is 17.9. The molecule has 1 atom stereocenters. The number of nitrogens with one attached hydrogen (secondary N) is 1. The minimum Gasteiger partial charge on any atom is -0.344 e. The highest BCUT2D eigenvalue weighted by Crippen LogP contribution is 2.36. The largest absolute Gasteiger partial charge is 0.344 e. The second-order valence-corrected chi connectivity index (χ2v) is 7.92. The monoisotopic (exact) mass is 389 g/mol. The van der Waals surface area contributed by atoms with E-state index in [0.717, 1.165) is 23.3 Å². The van der Waals surface area contributed by atoms with Gasteiger partial charge in [0.1, 0.15) is 5.82 Å². The highest BCUT2D eigenvalue weighted by Gasteiger charge is 2.28. The van der Waals surface area contributed by atoms with Crippen LogP contribution in [0.4, 0.5) is 4.39 Å². The molecule has 1 fully saturated rings. The standard InChI is InChI=1S/C17H16FN5OS2/c18-12-5-3-11(4-6-12)16(14-2-1-9-25-14)19-15(24)10-26-17-20-21-22-23(17)13-7-8-13/h1-6,9,13,16H,7-8,10H2,(H,19,24)/t16-/m0/s1. The number of tetrazole rings is 1. The van der Waals surface area contributed by atoms with Gasteiger partial charge in [0, 0.05) is 4.88 Å². The third kappa shape index (κ3) is 3.94. The number of amides is 1. The number of thioether (sulfide) groups is 1. The minimum absolute atomic E-state index is 0.122. The van der Waals surface area contributed by atoms with E-state index in [0.29, 0.717) is 11.2 Å². The van der Waals surface area contributed by atoms with Gasteiger partial charge < -0.3 is 5.32 Å². The van der Waals surface area contributed by atoms with E-state index < -0.39 is 0 Å². The Labute approximate surface area is 157 Å². The number of thiophene rings is 1. The molecular weight excluding hydrogens is 373 g/mol. The lowest BCUT2D eigenvalue weighted by molar-refractivity contribution is -0.119. The fourth-order valence-electron chi connectivity index (χ4n) is 2.59. The topological polar surface area (TPSA) is 72.7 Å². The van der Waals surface area contributed by atoms with Crippen molar-refractivity contribution in [1.29, 1.82) is 0 Å². The minimum atomic E-state index is -0.303. The Morgan fingerprint density at radius 2 is 2.15 bits per heavy atom. The third-order valence-corrected chi connectivity index (χ3v) is 5.89. The molecule has 0 spiro atoms. The van der Waals surface area contributed by atoms with Crippen LogP contribution in [-0.2, 0) is 4.79 Å². The van der Waals surface area contributed by atoms with Crippen molar-refractivity contribution in [1.82, 2.24) is 25.5 Å². The molecule has 1 aliphatic carbocycles. The van der Waals surface area contributed by atoms with Gasteiger partial charge in [-0.25, -0.2) is 9.07 Å². The summed E-state index contributed by atoms with van der Waals surface area (Å²) in [6.07, 6.45) is 2.16. The lowest BCUT2D eigenvalue weighted by Crippen LogP contribution is -2.30. The van der Waals surface area contributed by atoms with Crippen LogP contribution in [0.25, 0.3) is 0 Å². The smallest absolute Gasteiger partial charge is 0.231 e. The van der Waals surface area contributed by atoms with Gasteiger partial charge in [0.2, 0.25) is 11.1 Å². The molecule has 1 amide bonds. The number of carbonyl (C=O) groups is 1. The Kier molecular flexibility index (Phi) is 4.98. The molecule has 1 N–H and O–H groups in total. The molecule has 1 aliphatic rings. The first-order valence-corrected chi connectivity index (χ1v) is 10.1. The number of rotatable bonds is 7. The first-order chi connectivity index (χ1) is 12.7. The lowest BCUT2D eigenvalue weighted by atomic mass is 10.1. The van der Waals surface area contributed by atoms with Gasteiger partial charge in [-0.3, -0.25) is 4.79 Å². The number of aromatic nitrogens is 4. The van der Waals surface area contributed by atoms with Crippen LogP contribution in [-0.4, -0.2) is 31.9 Å². The fourth-order valence-corrected chi connectivity index (χ4v) is 4.15. The molecule has 0 unspecified atom stereocenters. The Morgan fingerprint density at radius 1 is 1.35 bits per heavy atom. The molecule has 4 rings (SSSR count). The molecule has 1 aromatic carbocycles. The number of halogens is 1. The predicted octanol–water partition coefficient (Wildman–Crippen LogP) is 3.21. The van der Waals surface area contributed by atoms with Crippen LogP contribution in [0.1, 0.15) is 35.4 Å². The van der Waals surface area contributed by atoms with Crippen LogP contribution in [0.2, 0.25) is 0 Å². The second-order valence-electron chi connectivity index (χ2n) is 5.99. The van der Waals surface area contributed by atoms with Crippen molar-refractivity contribution < 1.29 is 9.18 Å². The second kappa shape index (κ2) is 7.55. The normalized spacial score (nSPS) is 15.0. The van der Waals surface area contributed by atoms with Crippen LogP contribution in [0.3, 0.4) is 0 Å². The van der Waals surface area contributed by atoms with Crippen molar-refractivity contribution in [3.8, 4) is 0 Å². The average Bonchev–Trinajstić information content (AvgIpc) is 3.15. The van der Waals surface area contributed by atoms with Crippen molar-refractivity contribution in [2.75, 3.05) is 5.75 Å². The van der Waals surface area contributed by atoms with Crippen LogP contribution >= 0.6 is 23.1 Å². The zero-order valence-electron chi connectivity index (χ0n) is 13.7. The maximum atomic E-state index is 13.2. The van der Waals surface area contributed by atoms with Crippen LogP contribution in [0.15, 0.2) is 46.9 Å². The van der Waals surface area contributed by atoms with E-state index in [1.54, 1.807) is 28.2 Å². The number of benzene rings is 1. The predicted molar refractivity (Wildman–Crippen MR) is 97.5 cm³/mol. The first kappa shape index (κ1) is 17.2. The van der Waals surface area contributed by atoms with E-state index >= 15 is 0 Å². The lowest BCUT2D eigenvalue weighted by Gasteiger charge is -2.18. The molecule has 26 heavy (non-hydrogen) atoms. The van der Waals surface area contributed by atoms with Gasteiger partial charge in [0.25, 0.3) is 0 Å². The Morgan fingerprint density at radius 3 is 2.85 bits per heavy atom. The Balaban J connectivity index is 1.44. The van der Waals surface area contributed by atoms with E-state index in [2.05, 4.69) is 20.8 Å². The summed E-state index contributed by atoms with van der Waals surface area (Å²) < 4.78 is 15.0. The van der Waals surface area contributed by atoms with Gasteiger partial charge in [-0.15, -0.1) is 16.4 Å². The van der Waals surface area contributed by atoms with Gasteiger partial charge in [-0.05, 0) is 52.4 Å². The number of nitrogens with zero attached hydrogens (tertiary/aromatic N) is 4. The highest BCUT2D eigenvalue weighted by molar-refractivity contribution is 7.99. The van der Waals surface area contributed by atoms with Crippen molar-refractivity contribution in [3.63, 3.8) is 0 Å². The molecular formula is C17H16FN5OS2. The zero-order valence-corrected chi connectivity index (χ0v) is 15.3. The first-order valence-electron chi connectivity index (χ1n) is 8.19. The van der Waals surface area contributed by atoms with Gasteiger partial charge in [-0.2, -0.15) is 0 Å². The molecule has 6 nitrogen and oxygen atoms in total. The summed E-state index contributed by atoms with van der Waals surface area (Å²) in [5.41, 5.74) is 0.843. The van der Waals surface area contributed by atoms with E-state index in [1.165, 1.54) is 23.9 Å². The summed E-state index contributed by atoms with van der Waals surface area (Å²) >= 11 is 2.88. The molecule has 2 aromatic heterocycles. The number of carbonyl (C=O) groups excluding carboxylic acids is 1. The van der Waals surface area contributed by atoms with Crippen LogP contribution in [0.5, 0.6) is 0 Å². The van der Waals surface area contributed by atoms with Crippen LogP contribution in [0, 0.1) is 5.82 Å². The molecule has 0 saturated heterocycles. The number of hydrogen-bond acceptors (Lipinski definition) is 6. The molecule has 0 radical (unpaired) electrons. The summed E-state index contributed by atoms with van der Waals surface area (Å²) in [4.78, 5) is 13.5. The molecule has 2 heterocycles. The molecule has 1 saturated carbocycles. The van der Waals surface area contributed by atoms with Gasteiger partial charge in [0.15, 0.2) is 0 Å². The highest BCUT2D eigenvalue weighted by atomic mass is 32.2. The van der Waals surface area contributed by atoms with Gasteiger partial charge in [0.05, 0.1) is 17.8 Å². The molecule has 0 aliphatic heterocycles. The average molecular weight is 389 g/mol. The number of hydrogen-bond donors (Lipinski definition) is 1. The molecule has 3 aromatic rings. The van der Waals surface area contributed by atoms with Crippen molar-refractivity contribution in [2.24, 2.45) is 0 Å². The summed E-state index contributed by atoms with van der Waals surface area (Å²) in [5, 5.41) is 17.3. The third-order valence-electron chi connectivity index (χ3n) is 4.02. The van der Waals surface area contributed by atoms with Crippen molar-refractivity contribution in [2.45, 2.75) is 30.1 Å². The maximum absolute atomic E-state index is 13.2. The quantitative estimate of drug-likeness (QED) is 0.628. The molecule has 9 heteroatoms. The fraction of sp³-hybridized carbons (Fsp3) is 0.294. The molecule has 0 bridgehead atoms. The Bertz CT molecular complexity index is 877. The summed E-state index contributed by atoms with van der Waals surface area (Å²) in [6, 6.07) is 10.2. The maximum Gasteiger partial charge on any atom is 0.231 e. The molecule has 134 valence electrons. The summed E-state index contributed by atoms with van der Waals surface area (Å²) in [5.74, 6) is -0.202. The summed E-state index contributed by atoms with van der Waals surface area (Å²) in [6.45, 7) is 0.